The summed E-state index contributed by atoms with van der Waals surface area (Å²) in [5, 5.41) is 3.20. The lowest BCUT2D eigenvalue weighted by molar-refractivity contribution is 0.00428. The fourth-order valence-corrected chi connectivity index (χ4v) is 4.40. The van der Waals surface area contributed by atoms with E-state index in [0.29, 0.717) is 31.3 Å². The van der Waals surface area contributed by atoms with Crippen molar-refractivity contribution in [2.45, 2.75) is 38.8 Å². The Morgan fingerprint density at radius 2 is 2.28 bits per heavy atom. The first-order valence-corrected chi connectivity index (χ1v) is 9.85. The molecule has 1 atom stereocenters. The molecule has 1 aliphatic carbocycles. The molecule has 0 aromatic carbocycles. The van der Waals surface area contributed by atoms with Gasteiger partial charge in [0.15, 0.2) is 0 Å². The van der Waals surface area contributed by atoms with Gasteiger partial charge in [0, 0.05) is 37.3 Å². The summed E-state index contributed by atoms with van der Waals surface area (Å²) in [6, 6.07) is 0.476. The van der Waals surface area contributed by atoms with Crippen molar-refractivity contribution >= 4 is 17.4 Å². The SMILES string of the molecule is CCOCCONC(=O)N1CCC2(CC1)CC2N(C)Cc1nccs1. The van der Waals surface area contributed by atoms with E-state index in [0.717, 1.165) is 32.5 Å². The number of thiazole rings is 1. The summed E-state index contributed by atoms with van der Waals surface area (Å²) in [4.78, 5) is 25.9. The zero-order valence-corrected chi connectivity index (χ0v) is 15.9. The number of hydrogen-bond acceptors (Lipinski definition) is 6. The highest BCUT2D eigenvalue weighted by Gasteiger charge is 2.56. The summed E-state index contributed by atoms with van der Waals surface area (Å²) >= 11 is 1.71. The van der Waals surface area contributed by atoms with E-state index >= 15 is 0 Å². The molecule has 140 valence electrons. The number of carbonyl (C=O) groups is 1. The maximum Gasteiger partial charge on any atom is 0.341 e. The molecular weight excluding hydrogens is 340 g/mol. The molecule has 1 aliphatic heterocycles. The van der Waals surface area contributed by atoms with Crippen LogP contribution in [0.1, 0.15) is 31.2 Å². The molecule has 1 unspecified atom stereocenters. The van der Waals surface area contributed by atoms with Gasteiger partial charge in [0.25, 0.3) is 0 Å². The highest BCUT2D eigenvalue weighted by atomic mass is 32.1. The average Bonchev–Trinajstić information content (AvgIpc) is 3.06. The lowest BCUT2D eigenvalue weighted by Gasteiger charge is -2.33. The predicted molar refractivity (Wildman–Crippen MR) is 96.2 cm³/mol. The number of rotatable bonds is 8. The van der Waals surface area contributed by atoms with Crippen molar-refractivity contribution in [2.24, 2.45) is 5.41 Å². The highest BCUT2D eigenvalue weighted by molar-refractivity contribution is 7.09. The Morgan fingerprint density at radius 3 is 2.96 bits per heavy atom. The fraction of sp³-hybridized carbons (Fsp3) is 0.765. The normalized spacial score (nSPS) is 21.7. The molecule has 1 saturated heterocycles. The first-order chi connectivity index (χ1) is 12.1. The number of piperidine rings is 1. The Labute approximate surface area is 153 Å². The van der Waals surface area contributed by atoms with Gasteiger partial charge in [0.05, 0.1) is 19.8 Å². The van der Waals surface area contributed by atoms with Gasteiger partial charge in [-0.15, -0.1) is 11.3 Å². The van der Waals surface area contributed by atoms with Gasteiger partial charge in [-0.2, -0.15) is 0 Å². The Bertz CT molecular complexity index is 546. The summed E-state index contributed by atoms with van der Waals surface area (Å²) in [7, 11) is 2.19. The van der Waals surface area contributed by atoms with E-state index in [4.69, 9.17) is 9.57 Å². The maximum atomic E-state index is 12.1. The quantitative estimate of drug-likeness (QED) is 0.562. The molecule has 2 fully saturated rings. The first kappa shape index (κ1) is 18.6. The molecule has 1 spiro atoms. The van der Waals surface area contributed by atoms with Gasteiger partial charge in [0.1, 0.15) is 5.01 Å². The largest absolute Gasteiger partial charge is 0.379 e. The Kier molecular flexibility index (Phi) is 6.27. The summed E-state index contributed by atoms with van der Waals surface area (Å²) < 4.78 is 5.17. The summed E-state index contributed by atoms with van der Waals surface area (Å²) in [6.07, 6.45) is 5.22. The monoisotopic (exact) mass is 368 g/mol. The molecule has 8 heteroatoms. The zero-order chi connectivity index (χ0) is 17.7. The molecule has 3 rings (SSSR count). The molecule has 1 aromatic heterocycles. The summed E-state index contributed by atoms with van der Waals surface area (Å²) in [5.41, 5.74) is 2.90. The molecule has 2 aliphatic rings. The second-order valence-corrected chi connectivity index (χ2v) is 7.84. The van der Waals surface area contributed by atoms with Gasteiger partial charge in [-0.3, -0.25) is 9.74 Å². The van der Waals surface area contributed by atoms with E-state index in [1.165, 1.54) is 11.4 Å². The number of nitrogens with zero attached hydrogens (tertiary/aromatic N) is 3. The minimum Gasteiger partial charge on any atom is -0.379 e. The number of carbonyl (C=O) groups excluding carboxylic acids is 1. The predicted octanol–water partition coefficient (Wildman–Crippen LogP) is 2.11. The Morgan fingerprint density at radius 1 is 1.48 bits per heavy atom. The molecule has 2 amide bonds. The molecule has 0 bridgehead atoms. The van der Waals surface area contributed by atoms with Crippen LogP contribution in [0.5, 0.6) is 0 Å². The third-order valence-corrected chi connectivity index (χ3v) is 6.05. The van der Waals surface area contributed by atoms with E-state index in [2.05, 4.69) is 22.4 Å². The van der Waals surface area contributed by atoms with Crippen LogP contribution in [0.25, 0.3) is 0 Å². The van der Waals surface area contributed by atoms with Crippen LogP contribution >= 0.6 is 11.3 Å². The fourth-order valence-electron chi connectivity index (χ4n) is 3.72. The molecule has 0 radical (unpaired) electrons. The minimum absolute atomic E-state index is 0.139. The number of nitrogens with one attached hydrogen (secondary N) is 1. The van der Waals surface area contributed by atoms with Gasteiger partial charge in [-0.1, -0.05) is 0 Å². The Balaban J connectivity index is 1.37. The number of aromatic nitrogens is 1. The maximum absolute atomic E-state index is 12.1. The van der Waals surface area contributed by atoms with Crippen LogP contribution < -0.4 is 5.48 Å². The number of hydroxylamine groups is 1. The molecule has 1 aromatic rings. The van der Waals surface area contributed by atoms with Crippen molar-refractivity contribution in [3.8, 4) is 0 Å². The lowest BCUT2D eigenvalue weighted by Crippen LogP contribution is -2.46. The second kappa shape index (κ2) is 8.44. The van der Waals surface area contributed by atoms with Gasteiger partial charge >= 0.3 is 6.03 Å². The van der Waals surface area contributed by atoms with Crippen LogP contribution in [0.4, 0.5) is 4.79 Å². The molecule has 1 N–H and O–H groups in total. The number of ether oxygens (including phenoxy) is 1. The average molecular weight is 369 g/mol. The molecular formula is C17H28N4O3S. The van der Waals surface area contributed by atoms with Gasteiger partial charge in [-0.25, -0.2) is 15.3 Å². The topological polar surface area (TPSA) is 66.9 Å². The van der Waals surface area contributed by atoms with Crippen molar-refractivity contribution < 1.29 is 14.4 Å². The molecule has 1 saturated carbocycles. The zero-order valence-electron chi connectivity index (χ0n) is 15.1. The number of amides is 2. The van der Waals surface area contributed by atoms with Crippen molar-refractivity contribution in [1.29, 1.82) is 0 Å². The van der Waals surface area contributed by atoms with Crippen LogP contribution in [-0.4, -0.2) is 66.8 Å². The second-order valence-electron chi connectivity index (χ2n) is 6.86. The lowest BCUT2D eigenvalue weighted by atomic mass is 9.92. The van der Waals surface area contributed by atoms with Crippen LogP contribution in [-0.2, 0) is 16.1 Å². The third kappa shape index (κ3) is 4.69. The smallest absolute Gasteiger partial charge is 0.341 e. The van der Waals surface area contributed by atoms with E-state index < -0.39 is 0 Å². The summed E-state index contributed by atoms with van der Waals surface area (Å²) in [5.74, 6) is 0. The van der Waals surface area contributed by atoms with Gasteiger partial charge in [0.2, 0.25) is 0 Å². The van der Waals surface area contributed by atoms with E-state index in [1.54, 1.807) is 11.3 Å². The first-order valence-electron chi connectivity index (χ1n) is 8.98. The van der Waals surface area contributed by atoms with Crippen LogP contribution in [0.2, 0.25) is 0 Å². The van der Waals surface area contributed by atoms with Crippen molar-refractivity contribution in [3.05, 3.63) is 16.6 Å². The third-order valence-electron chi connectivity index (χ3n) is 5.29. The Hall–Kier alpha value is -1.22. The molecule has 7 nitrogen and oxygen atoms in total. The molecule has 25 heavy (non-hydrogen) atoms. The summed E-state index contributed by atoms with van der Waals surface area (Å²) in [6.45, 7) is 5.96. The van der Waals surface area contributed by atoms with Crippen LogP contribution in [0.3, 0.4) is 0 Å². The van der Waals surface area contributed by atoms with Gasteiger partial charge < -0.3 is 9.64 Å². The van der Waals surface area contributed by atoms with Gasteiger partial charge in [-0.05, 0) is 38.6 Å². The highest BCUT2D eigenvalue weighted by Crippen LogP contribution is 2.56. The standard InChI is InChI=1S/C17H28N4O3S/c1-3-23-9-10-24-19-16(22)21-7-4-17(5-8-21)12-14(17)20(2)13-15-18-6-11-25-15/h6,11,14H,3-5,7-10,12-13H2,1-2H3,(H,19,22). The number of hydrogen-bond donors (Lipinski definition) is 1. The van der Waals surface area contributed by atoms with Crippen LogP contribution in [0.15, 0.2) is 11.6 Å². The van der Waals surface area contributed by atoms with E-state index in [1.807, 2.05) is 23.4 Å². The van der Waals surface area contributed by atoms with Crippen molar-refractivity contribution in [3.63, 3.8) is 0 Å². The number of likely N-dealkylation sites (tertiary alicyclic amines) is 1. The number of urea groups is 1. The van der Waals surface area contributed by atoms with E-state index in [9.17, 15) is 4.79 Å². The van der Waals surface area contributed by atoms with Crippen molar-refractivity contribution in [1.82, 2.24) is 20.3 Å². The van der Waals surface area contributed by atoms with E-state index in [-0.39, 0.29) is 6.03 Å². The van der Waals surface area contributed by atoms with Crippen molar-refractivity contribution in [2.75, 3.05) is 40.0 Å². The van der Waals surface area contributed by atoms with Crippen LogP contribution in [0, 0.1) is 5.41 Å². The molecule has 2 heterocycles. The minimum atomic E-state index is -0.139.